The zero-order chi connectivity index (χ0) is 16.4. The number of carbonyl (C=O) groups is 2. The summed E-state index contributed by atoms with van der Waals surface area (Å²) in [4.78, 5) is 25.2. The molecule has 2 aliphatic rings. The summed E-state index contributed by atoms with van der Waals surface area (Å²) in [5, 5.41) is 10.3. The normalized spacial score (nSPS) is 22.6. The van der Waals surface area contributed by atoms with Crippen molar-refractivity contribution in [1.29, 1.82) is 0 Å². The van der Waals surface area contributed by atoms with Crippen molar-refractivity contribution >= 4 is 23.3 Å². The van der Waals surface area contributed by atoms with Gasteiger partial charge in [0.2, 0.25) is 11.8 Å². The van der Waals surface area contributed by atoms with E-state index in [1.807, 2.05) is 45.0 Å². The van der Waals surface area contributed by atoms with Crippen LogP contribution in [0, 0.1) is 0 Å². The van der Waals surface area contributed by atoms with Crippen LogP contribution in [0.2, 0.25) is 0 Å². The highest BCUT2D eigenvalue weighted by Crippen LogP contribution is 2.50. The van der Waals surface area contributed by atoms with Crippen molar-refractivity contribution in [2.75, 3.05) is 10.6 Å². The van der Waals surface area contributed by atoms with Crippen LogP contribution < -0.4 is 10.6 Å². The van der Waals surface area contributed by atoms with Gasteiger partial charge in [-0.05, 0) is 32.4 Å². The van der Waals surface area contributed by atoms with Gasteiger partial charge < -0.3 is 10.6 Å². The third-order valence-electron chi connectivity index (χ3n) is 4.57. The number of hydrogen-bond donors (Lipinski definition) is 2. The number of nitrogens with one attached hydrogen (secondary N) is 2. The molecule has 2 aliphatic heterocycles. The maximum Gasteiger partial charge on any atom is 0.240 e. The van der Waals surface area contributed by atoms with Gasteiger partial charge in [-0.25, -0.2) is 4.68 Å². The number of nitrogens with zero attached hydrogens (tertiary/aromatic N) is 2. The number of amides is 2. The highest BCUT2D eigenvalue weighted by Gasteiger charge is 2.54. The molecule has 118 valence electrons. The van der Waals surface area contributed by atoms with Crippen molar-refractivity contribution in [3.05, 3.63) is 41.6 Å². The van der Waals surface area contributed by atoms with E-state index < -0.39 is 5.41 Å². The molecule has 0 fully saturated rings. The van der Waals surface area contributed by atoms with E-state index in [1.165, 1.54) is 0 Å². The summed E-state index contributed by atoms with van der Waals surface area (Å²) in [6, 6.07) is 7.54. The van der Waals surface area contributed by atoms with Crippen molar-refractivity contribution < 1.29 is 9.59 Å². The molecule has 2 aromatic rings. The fourth-order valence-electron chi connectivity index (χ4n) is 3.56. The van der Waals surface area contributed by atoms with Gasteiger partial charge >= 0.3 is 0 Å². The van der Waals surface area contributed by atoms with Gasteiger partial charge in [0.25, 0.3) is 0 Å². The molecule has 0 aliphatic carbocycles. The molecular formula is C17H18N4O2. The second-order valence-corrected chi connectivity index (χ2v) is 7.12. The van der Waals surface area contributed by atoms with Gasteiger partial charge in [-0.1, -0.05) is 18.2 Å². The predicted octanol–water partition coefficient (Wildman–Crippen LogP) is 2.22. The first-order valence-corrected chi connectivity index (χ1v) is 7.64. The van der Waals surface area contributed by atoms with E-state index in [0.717, 1.165) is 16.8 Å². The molecule has 1 atom stereocenters. The van der Waals surface area contributed by atoms with Gasteiger partial charge in [0, 0.05) is 17.7 Å². The van der Waals surface area contributed by atoms with Gasteiger partial charge in [-0.15, -0.1) is 0 Å². The number of rotatable bonds is 0. The van der Waals surface area contributed by atoms with Gasteiger partial charge in [0.15, 0.2) is 0 Å². The summed E-state index contributed by atoms with van der Waals surface area (Å²) in [7, 11) is 0. The number of aromatic nitrogens is 2. The van der Waals surface area contributed by atoms with E-state index in [4.69, 9.17) is 0 Å². The Morgan fingerprint density at radius 2 is 1.87 bits per heavy atom. The Labute approximate surface area is 133 Å². The van der Waals surface area contributed by atoms with Crippen LogP contribution in [0.15, 0.2) is 30.5 Å². The van der Waals surface area contributed by atoms with E-state index in [-0.39, 0.29) is 23.8 Å². The van der Waals surface area contributed by atoms with Crippen molar-refractivity contribution in [2.45, 2.75) is 38.1 Å². The monoisotopic (exact) mass is 310 g/mol. The molecule has 6 nitrogen and oxygen atoms in total. The first-order valence-electron chi connectivity index (χ1n) is 7.64. The molecule has 1 spiro atoms. The summed E-state index contributed by atoms with van der Waals surface area (Å²) < 4.78 is 1.77. The molecule has 3 heterocycles. The Morgan fingerprint density at radius 3 is 2.61 bits per heavy atom. The molecule has 23 heavy (non-hydrogen) atoms. The van der Waals surface area contributed by atoms with E-state index >= 15 is 0 Å². The lowest BCUT2D eigenvalue weighted by atomic mass is 9.72. The molecule has 0 radical (unpaired) electrons. The van der Waals surface area contributed by atoms with Crippen LogP contribution in [0.4, 0.5) is 11.5 Å². The van der Waals surface area contributed by atoms with Gasteiger partial charge in [0.1, 0.15) is 11.2 Å². The van der Waals surface area contributed by atoms with Gasteiger partial charge in [-0.3, -0.25) is 9.59 Å². The lowest BCUT2D eigenvalue weighted by Gasteiger charge is -2.33. The Balaban J connectivity index is 2.02. The minimum absolute atomic E-state index is 0.0959. The molecule has 2 N–H and O–H groups in total. The minimum atomic E-state index is -0.988. The molecule has 0 saturated heterocycles. The maximum absolute atomic E-state index is 12.8. The third kappa shape index (κ3) is 1.72. The quantitative estimate of drug-likeness (QED) is 0.783. The molecule has 4 rings (SSSR count). The fraction of sp³-hybridized carbons (Fsp3) is 0.353. The minimum Gasteiger partial charge on any atom is -0.325 e. The van der Waals surface area contributed by atoms with Crippen molar-refractivity contribution in [3.8, 4) is 0 Å². The average Bonchev–Trinajstić information content (AvgIpc) is 3.00. The maximum atomic E-state index is 12.8. The van der Waals surface area contributed by atoms with Crippen LogP contribution >= 0.6 is 0 Å². The van der Waals surface area contributed by atoms with Gasteiger partial charge in [-0.2, -0.15) is 5.10 Å². The summed E-state index contributed by atoms with van der Waals surface area (Å²) in [6.07, 6.45) is 1.81. The van der Waals surface area contributed by atoms with Crippen LogP contribution in [0.1, 0.15) is 38.3 Å². The Hall–Kier alpha value is -2.63. The lowest BCUT2D eigenvalue weighted by molar-refractivity contribution is -0.125. The topological polar surface area (TPSA) is 76.0 Å². The molecule has 0 unspecified atom stereocenters. The Morgan fingerprint density at radius 1 is 1.13 bits per heavy atom. The number of benzene rings is 1. The second-order valence-electron chi connectivity index (χ2n) is 7.12. The summed E-state index contributed by atoms with van der Waals surface area (Å²) in [5.41, 5.74) is 1.08. The molecular weight excluding hydrogens is 292 g/mol. The molecule has 1 aromatic heterocycles. The third-order valence-corrected chi connectivity index (χ3v) is 4.57. The molecule has 6 heteroatoms. The van der Waals surface area contributed by atoms with E-state index in [2.05, 4.69) is 15.7 Å². The lowest BCUT2D eigenvalue weighted by Crippen LogP contribution is -2.44. The van der Waals surface area contributed by atoms with Crippen LogP contribution in [0.3, 0.4) is 0 Å². The largest absolute Gasteiger partial charge is 0.325 e. The summed E-state index contributed by atoms with van der Waals surface area (Å²) >= 11 is 0. The smallest absolute Gasteiger partial charge is 0.240 e. The highest BCUT2D eigenvalue weighted by molar-refractivity contribution is 6.14. The zero-order valence-electron chi connectivity index (χ0n) is 13.3. The average molecular weight is 310 g/mol. The van der Waals surface area contributed by atoms with Crippen LogP contribution in [-0.4, -0.2) is 21.6 Å². The van der Waals surface area contributed by atoms with E-state index in [0.29, 0.717) is 5.82 Å². The van der Waals surface area contributed by atoms with E-state index in [9.17, 15) is 9.59 Å². The van der Waals surface area contributed by atoms with Crippen LogP contribution in [0.5, 0.6) is 0 Å². The standard InChI is InChI=1S/C17H18N4O2/c1-16(2,3)21-14-11(9-18-21)17(8-13(22)20-14)10-6-4-5-7-12(10)19-15(17)23/h4-7,9H,8H2,1-3H3,(H,19,23)(H,20,22)/t17-/m1/s1. The number of anilines is 2. The first kappa shape index (κ1) is 14.0. The fourth-order valence-corrected chi connectivity index (χ4v) is 3.56. The summed E-state index contributed by atoms with van der Waals surface area (Å²) in [6.45, 7) is 6.03. The van der Waals surface area contributed by atoms with Crippen molar-refractivity contribution in [1.82, 2.24) is 9.78 Å². The highest BCUT2D eigenvalue weighted by atomic mass is 16.2. The molecule has 1 aromatic carbocycles. The zero-order valence-corrected chi connectivity index (χ0v) is 13.3. The molecule has 0 bridgehead atoms. The SMILES string of the molecule is CC(C)(C)n1ncc2c1NC(=O)C[C@]21C(=O)Nc2ccccc21. The van der Waals surface area contributed by atoms with Crippen LogP contribution in [-0.2, 0) is 20.5 Å². The second kappa shape index (κ2) is 4.22. The molecule has 2 amide bonds. The number of carbonyl (C=O) groups excluding carboxylic acids is 2. The number of fused-ring (bicyclic) bond motifs is 4. The Kier molecular flexibility index (Phi) is 2.57. The summed E-state index contributed by atoms with van der Waals surface area (Å²) in [5.74, 6) is 0.277. The predicted molar refractivity (Wildman–Crippen MR) is 86.3 cm³/mol. The first-order chi connectivity index (χ1) is 10.8. The van der Waals surface area contributed by atoms with Crippen LogP contribution in [0.25, 0.3) is 0 Å². The molecule has 0 saturated carbocycles. The Bertz CT molecular complexity index is 847. The van der Waals surface area contributed by atoms with Gasteiger partial charge in [0.05, 0.1) is 11.7 Å². The van der Waals surface area contributed by atoms with E-state index in [1.54, 1.807) is 10.9 Å². The number of hydrogen-bond acceptors (Lipinski definition) is 3. The van der Waals surface area contributed by atoms with Crippen molar-refractivity contribution in [3.63, 3.8) is 0 Å². The number of para-hydroxylation sites is 1. The van der Waals surface area contributed by atoms with Crippen molar-refractivity contribution in [2.24, 2.45) is 0 Å².